The Bertz CT molecular complexity index is 1020. The first-order valence-corrected chi connectivity index (χ1v) is 8.99. The second-order valence-electron chi connectivity index (χ2n) is 6.62. The van der Waals surface area contributed by atoms with Crippen LogP contribution in [-0.4, -0.2) is 56.4 Å². The van der Waals surface area contributed by atoms with Gasteiger partial charge in [-0.05, 0) is 19.1 Å². The topological polar surface area (TPSA) is 82.2 Å². The Morgan fingerprint density at radius 1 is 1.19 bits per heavy atom. The third-order valence-electron chi connectivity index (χ3n) is 4.76. The fraction of sp³-hybridized carbons (Fsp3) is 0.368. The zero-order chi connectivity index (χ0) is 18.8. The van der Waals surface area contributed by atoms with Crippen molar-refractivity contribution in [2.24, 2.45) is 0 Å². The van der Waals surface area contributed by atoms with E-state index in [1.807, 2.05) is 31.2 Å². The van der Waals surface area contributed by atoms with E-state index in [1.165, 1.54) is 17.1 Å². The summed E-state index contributed by atoms with van der Waals surface area (Å²) in [5.41, 5.74) is 2.32. The van der Waals surface area contributed by atoms with E-state index in [-0.39, 0.29) is 17.9 Å². The molecule has 0 aliphatic carbocycles. The van der Waals surface area contributed by atoms with Gasteiger partial charge >= 0.3 is 0 Å². The number of hydrogen-bond donors (Lipinski definition) is 0. The molecule has 3 heterocycles. The Labute approximate surface area is 156 Å². The molecule has 0 radical (unpaired) electrons. The minimum Gasteiger partial charge on any atom is -0.378 e. The zero-order valence-electron chi connectivity index (χ0n) is 15.2. The monoisotopic (exact) mass is 367 g/mol. The van der Waals surface area contributed by atoms with Gasteiger partial charge in [0.05, 0.1) is 31.4 Å². The second kappa shape index (κ2) is 7.32. The number of ether oxygens (including phenoxy) is 1. The van der Waals surface area contributed by atoms with E-state index in [1.54, 1.807) is 9.58 Å². The molecule has 1 fully saturated rings. The number of aryl methyl sites for hydroxylation is 2. The van der Waals surface area contributed by atoms with Crippen molar-refractivity contribution in [2.45, 2.75) is 19.9 Å². The van der Waals surface area contributed by atoms with Gasteiger partial charge < -0.3 is 9.64 Å². The third kappa shape index (κ3) is 3.48. The number of morpholine rings is 1. The number of benzene rings is 1. The first kappa shape index (κ1) is 17.4. The summed E-state index contributed by atoms with van der Waals surface area (Å²) in [6.07, 6.45) is 3.29. The lowest BCUT2D eigenvalue weighted by Crippen LogP contribution is -2.41. The van der Waals surface area contributed by atoms with Crippen molar-refractivity contribution in [1.82, 2.24) is 24.2 Å². The molecule has 1 amide bonds. The molecular formula is C19H21N5O3. The van der Waals surface area contributed by atoms with Gasteiger partial charge in [0.1, 0.15) is 5.39 Å². The largest absolute Gasteiger partial charge is 0.378 e. The van der Waals surface area contributed by atoms with E-state index < -0.39 is 0 Å². The quantitative estimate of drug-likeness (QED) is 0.691. The van der Waals surface area contributed by atoms with E-state index in [4.69, 9.17) is 4.74 Å². The molecule has 1 saturated heterocycles. The van der Waals surface area contributed by atoms with Gasteiger partial charge in [-0.3, -0.25) is 14.2 Å². The summed E-state index contributed by atoms with van der Waals surface area (Å²) in [6, 6.07) is 7.86. The molecule has 0 unspecified atom stereocenters. The van der Waals surface area contributed by atoms with Crippen molar-refractivity contribution in [2.75, 3.05) is 26.3 Å². The van der Waals surface area contributed by atoms with Gasteiger partial charge in [-0.2, -0.15) is 5.10 Å². The highest BCUT2D eigenvalue weighted by Crippen LogP contribution is 2.14. The summed E-state index contributed by atoms with van der Waals surface area (Å²) in [5.74, 6) is 0.0284. The number of nitrogens with zero attached hydrogens (tertiary/aromatic N) is 5. The number of carbonyl (C=O) groups excluding carboxylic acids is 1. The van der Waals surface area contributed by atoms with Crippen molar-refractivity contribution in [3.63, 3.8) is 0 Å². The van der Waals surface area contributed by atoms with Gasteiger partial charge in [-0.15, -0.1) is 0 Å². The lowest BCUT2D eigenvalue weighted by Gasteiger charge is -2.26. The average Bonchev–Trinajstić information content (AvgIpc) is 3.13. The SMILES string of the molecule is Cc1ccc(-n2ncc3c(=O)n(CCC(=O)N4CCOCC4)cnc32)cc1. The Morgan fingerprint density at radius 3 is 2.67 bits per heavy atom. The molecule has 0 spiro atoms. The maximum atomic E-state index is 12.7. The number of rotatable bonds is 4. The predicted molar refractivity (Wildman–Crippen MR) is 99.9 cm³/mol. The van der Waals surface area contributed by atoms with Crippen molar-refractivity contribution in [3.8, 4) is 5.69 Å². The van der Waals surface area contributed by atoms with Gasteiger partial charge in [0.15, 0.2) is 5.65 Å². The molecule has 3 aromatic rings. The van der Waals surface area contributed by atoms with Crippen LogP contribution in [-0.2, 0) is 16.1 Å². The maximum absolute atomic E-state index is 12.7. The van der Waals surface area contributed by atoms with E-state index in [9.17, 15) is 9.59 Å². The summed E-state index contributed by atoms with van der Waals surface area (Å²) in [7, 11) is 0. The van der Waals surface area contributed by atoms with E-state index >= 15 is 0 Å². The first-order valence-electron chi connectivity index (χ1n) is 8.99. The summed E-state index contributed by atoms with van der Waals surface area (Å²) < 4.78 is 8.38. The number of hydrogen-bond acceptors (Lipinski definition) is 5. The molecular weight excluding hydrogens is 346 g/mol. The fourth-order valence-corrected chi connectivity index (χ4v) is 3.17. The number of aromatic nitrogens is 4. The highest BCUT2D eigenvalue weighted by Gasteiger charge is 2.17. The Morgan fingerprint density at radius 2 is 1.93 bits per heavy atom. The van der Waals surface area contributed by atoms with Crippen LogP contribution in [0.15, 0.2) is 41.6 Å². The first-order chi connectivity index (χ1) is 13.1. The average molecular weight is 367 g/mol. The van der Waals surface area contributed by atoms with Crippen molar-refractivity contribution < 1.29 is 9.53 Å². The zero-order valence-corrected chi connectivity index (χ0v) is 15.2. The molecule has 1 aromatic carbocycles. The van der Waals surface area contributed by atoms with Crippen molar-refractivity contribution >= 4 is 16.9 Å². The van der Waals surface area contributed by atoms with E-state index in [2.05, 4.69) is 10.1 Å². The van der Waals surface area contributed by atoms with Crippen LogP contribution in [0.5, 0.6) is 0 Å². The highest BCUT2D eigenvalue weighted by atomic mass is 16.5. The highest BCUT2D eigenvalue weighted by molar-refractivity contribution is 5.76. The van der Waals surface area contributed by atoms with Gasteiger partial charge in [-0.1, -0.05) is 17.7 Å². The lowest BCUT2D eigenvalue weighted by molar-refractivity contribution is -0.135. The second-order valence-corrected chi connectivity index (χ2v) is 6.62. The minimum atomic E-state index is -0.187. The molecule has 1 aliphatic heterocycles. The fourth-order valence-electron chi connectivity index (χ4n) is 3.17. The van der Waals surface area contributed by atoms with E-state index in [0.717, 1.165) is 11.3 Å². The Balaban J connectivity index is 1.55. The van der Waals surface area contributed by atoms with Crippen LogP contribution >= 0.6 is 0 Å². The van der Waals surface area contributed by atoms with E-state index in [0.29, 0.717) is 43.9 Å². The third-order valence-corrected chi connectivity index (χ3v) is 4.76. The molecule has 0 N–H and O–H groups in total. The normalized spacial score (nSPS) is 14.6. The minimum absolute atomic E-state index is 0.0284. The van der Waals surface area contributed by atoms with Gasteiger partial charge in [0.25, 0.3) is 5.56 Å². The molecule has 2 aromatic heterocycles. The van der Waals surface area contributed by atoms with Crippen LogP contribution in [0.4, 0.5) is 0 Å². The van der Waals surface area contributed by atoms with Gasteiger partial charge in [-0.25, -0.2) is 9.67 Å². The maximum Gasteiger partial charge on any atom is 0.264 e. The Hall–Kier alpha value is -3.00. The summed E-state index contributed by atoms with van der Waals surface area (Å²) in [4.78, 5) is 31.2. The molecule has 8 nitrogen and oxygen atoms in total. The smallest absolute Gasteiger partial charge is 0.264 e. The molecule has 27 heavy (non-hydrogen) atoms. The Kier molecular flexibility index (Phi) is 4.72. The summed E-state index contributed by atoms with van der Waals surface area (Å²) in [6.45, 7) is 4.66. The lowest BCUT2D eigenvalue weighted by atomic mass is 10.2. The molecule has 0 atom stereocenters. The molecule has 8 heteroatoms. The summed E-state index contributed by atoms with van der Waals surface area (Å²) in [5, 5.41) is 4.76. The van der Waals surface area contributed by atoms with Crippen molar-refractivity contribution in [1.29, 1.82) is 0 Å². The van der Waals surface area contributed by atoms with Gasteiger partial charge in [0.2, 0.25) is 5.91 Å². The van der Waals surface area contributed by atoms with Crippen LogP contribution in [0.2, 0.25) is 0 Å². The van der Waals surface area contributed by atoms with Crippen LogP contribution in [0.1, 0.15) is 12.0 Å². The number of carbonyl (C=O) groups is 1. The van der Waals surface area contributed by atoms with Crippen LogP contribution in [0, 0.1) is 6.92 Å². The molecule has 1 aliphatic rings. The predicted octanol–water partition coefficient (Wildman–Crippen LogP) is 1.14. The van der Waals surface area contributed by atoms with Gasteiger partial charge in [0, 0.05) is 26.1 Å². The van der Waals surface area contributed by atoms with Crippen LogP contribution in [0.25, 0.3) is 16.7 Å². The molecule has 0 saturated carbocycles. The van der Waals surface area contributed by atoms with Crippen LogP contribution in [0.3, 0.4) is 0 Å². The molecule has 4 rings (SSSR count). The number of fused-ring (bicyclic) bond motifs is 1. The molecule has 140 valence electrons. The molecule has 0 bridgehead atoms. The standard InChI is InChI=1S/C19H21N5O3/c1-14-2-4-15(5-3-14)24-18-16(12-21-24)19(26)23(13-20-18)7-6-17(25)22-8-10-27-11-9-22/h2-5,12-13H,6-11H2,1H3. The van der Waals surface area contributed by atoms with Crippen molar-refractivity contribution in [3.05, 3.63) is 52.7 Å². The number of amides is 1. The summed E-state index contributed by atoms with van der Waals surface area (Å²) >= 11 is 0. The van der Waals surface area contributed by atoms with Crippen LogP contribution < -0.4 is 5.56 Å².